The molecule has 1 aromatic heterocycles. The molecular formula is C18H22N4O3. The largest absolute Gasteiger partial charge is 0.495 e. The van der Waals surface area contributed by atoms with Crippen LogP contribution in [0.25, 0.3) is 5.69 Å². The molecule has 1 aromatic carbocycles. The zero-order chi connectivity index (χ0) is 17.8. The van der Waals surface area contributed by atoms with Gasteiger partial charge in [-0.3, -0.25) is 9.59 Å². The lowest BCUT2D eigenvalue weighted by atomic mass is 10.1. The molecule has 1 aliphatic rings. The first-order valence-electron chi connectivity index (χ1n) is 8.36. The van der Waals surface area contributed by atoms with Gasteiger partial charge in [-0.1, -0.05) is 6.07 Å². The summed E-state index contributed by atoms with van der Waals surface area (Å²) in [5.41, 5.74) is 2.15. The van der Waals surface area contributed by atoms with E-state index in [0.29, 0.717) is 18.7 Å². The van der Waals surface area contributed by atoms with Crippen molar-refractivity contribution < 1.29 is 14.3 Å². The predicted molar refractivity (Wildman–Crippen MR) is 93.0 cm³/mol. The Bertz CT molecular complexity index is 784. The number of benzene rings is 1. The summed E-state index contributed by atoms with van der Waals surface area (Å²) in [4.78, 5) is 28.6. The monoisotopic (exact) mass is 342 g/mol. The molecule has 1 saturated heterocycles. The van der Waals surface area contributed by atoms with E-state index in [1.54, 1.807) is 24.2 Å². The van der Waals surface area contributed by atoms with Crippen LogP contribution in [0, 0.1) is 6.92 Å². The van der Waals surface area contributed by atoms with Gasteiger partial charge in [0.05, 0.1) is 12.8 Å². The fourth-order valence-electron chi connectivity index (χ4n) is 2.88. The number of nitrogens with zero attached hydrogens (tertiary/aromatic N) is 2. The lowest BCUT2D eigenvalue weighted by molar-refractivity contribution is -0.122. The highest BCUT2D eigenvalue weighted by atomic mass is 16.5. The Balaban J connectivity index is 1.78. The van der Waals surface area contributed by atoms with Gasteiger partial charge in [-0.2, -0.15) is 0 Å². The van der Waals surface area contributed by atoms with Crippen LogP contribution in [0.4, 0.5) is 0 Å². The van der Waals surface area contributed by atoms with E-state index in [9.17, 15) is 9.59 Å². The van der Waals surface area contributed by atoms with E-state index in [2.05, 4.69) is 15.6 Å². The van der Waals surface area contributed by atoms with Crippen LogP contribution >= 0.6 is 0 Å². The quantitative estimate of drug-likeness (QED) is 0.883. The fraction of sp³-hybridized carbons (Fsp3) is 0.389. The van der Waals surface area contributed by atoms with Gasteiger partial charge in [0, 0.05) is 12.7 Å². The zero-order valence-corrected chi connectivity index (χ0v) is 14.4. The third-order valence-electron chi connectivity index (χ3n) is 4.27. The minimum absolute atomic E-state index is 0.134. The molecule has 2 heterocycles. The summed E-state index contributed by atoms with van der Waals surface area (Å²) >= 11 is 0. The average molecular weight is 342 g/mol. The maximum Gasteiger partial charge on any atom is 0.272 e. The summed E-state index contributed by atoms with van der Waals surface area (Å²) in [7, 11) is 1.60. The molecular weight excluding hydrogens is 320 g/mol. The summed E-state index contributed by atoms with van der Waals surface area (Å²) in [6.45, 7) is 2.64. The normalized spacial score (nSPS) is 17.5. The van der Waals surface area contributed by atoms with Crippen molar-refractivity contribution >= 4 is 11.8 Å². The predicted octanol–water partition coefficient (Wildman–Crippen LogP) is 1.59. The van der Waals surface area contributed by atoms with E-state index in [0.717, 1.165) is 24.1 Å². The van der Waals surface area contributed by atoms with Crippen molar-refractivity contribution in [2.75, 3.05) is 13.7 Å². The number of hydrogen-bond donors (Lipinski definition) is 2. The highest BCUT2D eigenvalue weighted by molar-refractivity contribution is 5.96. The minimum Gasteiger partial charge on any atom is -0.495 e. The molecule has 2 aromatic rings. The summed E-state index contributed by atoms with van der Waals surface area (Å²) in [6.07, 6.45) is 5.68. The van der Waals surface area contributed by atoms with Crippen molar-refractivity contribution in [2.24, 2.45) is 0 Å². The van der Waals surface area contributed by atoms with Crippen molar-refractivity contribution in [3.05, 3.63) is 42.0 Å². The van der Waals surface area contributed by atoms with Gasteiger partial charge in [0.1, 0.15) is 23.8 Å². The lowest BCUT2D eigenvalue weighted by Crippen LogP contribution is -2.45. The number of imidazole rings is 1. The first kappa shape index (κ1) is 17.0. The third-order valence-corrected chi connectivity index (χ3v) is 4.27. The molecule has 0 radical (unpaired) electrons. The van der Waals surface area contributed by atoms with Crippen LogP contribution < -0.4 is 15.4 Å². The molecule has 0 aliphatic carbocycles. The molecule has 7 heteroatoms. The summed E-state index contributed by atoms with van der Waals surface area (Å²) in [5, 5.41) is 5.58. The Hall–Kier alpha value is -2.83. The Morgan fingerprint density at radius 2 is 2.24 bits per heavy atom. The number of aryl methyl sites for hydroxylation is 1. The van der Waals surface area contributed by atoms with E-state index in [1.165, 1.54) is 0 Å². The van der Waals surface area contributed by atoms with Crippen molar-refractivity contribution in [3.8, 4) is 11.4 Å². The average Bonchev–Trinajstić information content (AvgIpc) is 3.01. The number of methoxy groups -OCH3 is 1. The van der Waals surface area contributed by atoms with Gasteiger partial charge in [0.25, 0.3) is 5.91 Å². The molecule has 2 amide bonds. The van der Waals surface area contributed by atoms with Crippen LogP contribution in [0.15, 0.2) is 30.7 Å². The molecule has 1 fully saturated rings. The molecule has 0 saturated carbocycles. The standard InChI is InChI=1S/C18H22N4O3/c1-12-6-7-16(25-2)15(9-12)22-10-14(20-11-22)18(24)21-13-5-3-4-8-19-17(13)23/h6-7,9-11,13H,3-5,8H2,1-2H3,(H,19,23)(H,21,24). The number of carbonyl (C=O) groups excluding carboxylic acids is 2. The fourth-order valence-corrected chi connectivity index (χ4v) is 2.88. The first-order chi connectivity index (χ1) is 12.1. The molecule has 1 atom stereocenters. The van der Waals surface area contributed by atoms with Crippen LogP contribution in [0.1, 0.15) is 35.3 Å². The second-order valence-electron chi connectivity index (χ2n) is 6.15. The maximum absolute atomic E-state index is 12.4. The van der Waals surface area contributed by atoms with Gasteiger partial charge in [0.2, 0.25) is 5.91 Å². The lowest BCUT2D eigenvalue weighted by Gasteiger charge is -2.14. The first-order valence-corrected chi connectivity index (χ1v) is 8.36. The number of nitrogens with one attached hydrogen (secondary N) is 2. The number of ether oxygens (including phenoxy) is 1. The molecule has 0 spiro atoms. The van der Waals surface area contributed by atoms with E-state index in [1.807, 2.05) is 25.1 Å². The van der Waals surface area contributed by atoms with Crippen LogP contribution in [0.2, 0.25) is 0 Å². The van der Waals surface area contributed by atoms with Gasteiger partial charge in [-0.15, -0.1) is 0 Å². The van der Waals surface area contributed by atoms with E-state index < -0.39 is 6.04 Å². The number of aromatic nitrogens is 2. The molecule has 3 rings (SSSR count). The Kier molecular flexibility index (Phi) is 5.02. The topological polar surface area (TPSA) is 85.2 Å². The molecule has 132 valence electrons. The van der Waals surface area contributed by atoms with E-state index in [4.69, 9.17) is 4.74 Å². The third kappa shape index (κ3) is 3.81. The molecule has 7 nitrogen and oxygen atoms in total. The molecule has 1 aliphatic heterocycles. The van der Waals surface area contributed by atoms with Crippen molar-refractivity contribution in [3.63, 3.8) is 0 Å². The SMILES string of the molecule is COc1ccc(C)cc1-n1cnc(C(=O)NC2CCCCNC2=O)c1. The van der Waals surface area contributed by atoms with Crippen LogP contribution in [-0.2, 0) is 4.79 Å². The summed E-state index contributed by atoms with van der Waals surface area (Å²) in [5.74, 6) is 0.205. The number of hydrogen-bond acceptors (Lipinski definition) is 4. The van der Waals surface area contributed by atoms with Crippen LogP contribution in [0.3, 0.4) is 0 Å². The van der Waals surface area contributed by atoms with Crippen molar-refractivity contribution in [1.29, 1.82) is 0 Å². The summed E-state index contributed by atoms with van der Waals surface area (Å²) in [6, 6.07) is 5.28. The molecule has 1 unspecified atom stereocenters. The minimum atomic E-state index is -0.506. The van der Waals surface area contributed by atoms with Crippen LogP contribution in [-0.4, -0.2) is 41.1 Å². The number of rotatable bonds is 4. The van der Waals surface area contributed by atoms with E-state index in [-0.39, 0.29) is 17.5 Å². The second-order valence-corrected chi connectivity index (χ2v) is 6.15. The Labute approximate surface area is 146 Å². The van der Waals surface area contributed by atoms with E-state index >= 15 is 0 Å². The second kappa shape index (κ2) is 7.38. The Morgan fingerprint density at radius 1 is 1.40 bits per heavy atom. The zero-order valence-electron chi connectivity index (χ0n) is 14.4. The van der Waals surface area contributed by atoms with Crippen LogP contribution in [0.5, 0.6) is 5.75 Å². The highest BCUT2D eigenvalue weighted by Gasteiger charge is 2.24. The maximum atomic E-state index is 12.4. The van der Waals surface area contributed by atoms with Gasteiger partial charge in [-0.05, 0) is 43.9 Å². The Morgan fingerprint density at radius 3 is 3.04 bits per heavy atom. The molecule has 25 heavy (non-hydrogen) atoms. The number of amides is 2. The van der Waals surface area contributed by atoms with Gasteiger partial charge in [0.15, 0.2) is 0 Å². The van der Waals surface area contributed by atoms with Crippen molar-refractivity contribution in [1.82, 2.24) is 20.2 Å². The smallest absolute Gasteiger partial charge is 0.272 e. The number of carbonyl (C=O) groups is 2. The van der Waals surface area contributed by atoms with Gasteiger partial charge < -0.3 is 19.9 Å². The van der Waals surface area contributed by atoms with Gasteiger partial charge >= 0.3 is 0 Å². The highest BCUT2D eigenvalue weighted by Crippen LogP contribution is 2.24. The summed E-state index contributed by atoms with van der Waals surface area (Å²) < 4.78 is 7.12. The van der Waals surface area contributed by atoms with Gasteiger partial charge in [-0.25, -0.2) is 4.98 Å². The molecule has 2 N–H and O–H groups in total. The molecule has 0 bridgehead atoms. The van der Waals surface area contributed by atoms with Crippen molar-refractivity contribution in [2.45, 2.75) is 32.2 Å².